The average Bonchev–Trinajstić information content (AvgIpc) is 3.21. The summed E-state index contributed by atoms with van der Waals surface area (Å²) in [4.78, 5) is 8.61. The number of methoxy groups -OCH3 is 1. The van der Waals surface area contributed by atoms with Crippen LogP contribution in [0.25, 0.3) is 11.5 Å². The van der Waals surface area contributed by atoms with E-state index >= 15 is 0 Å². The number of halogens is 1. The van der Waals surface area contributed by atoms with Gasteiger partial charge in [-0.3, -0.25) is 4.40 Å². The Morgan fingerprint density at radius 3 is 2.92 bits per heavy atom. The summed E-state index contributed by atoms with van der Waals surface area (Å²) in [6.07, 6.45) is 4.49. The van der Waals surface area contributed by atoms with Crippen LogP contribution >= 0.6 is 11.6 Å². The molecule has 8 nitrogen and oxygen atoms in total. The highest BCUT2D eigenvalue weighted by Crippen LogP contribution is 2.31. The zero-order valence-corrected chi connectivity index (χ0v) is 16.1. The summed E-state index contributed by atoms with van der Waals surface area (Å²) < 4.78 is 14.6. The minimum atomic E-state index is 0.0482. The molecule has 140 valence electrons. The number of anilines is 1. The molecule has 26 heavy (non-hydrogen) atoms. The van der Waals surface area contributed by atoms with Gasteiger partial charge in [-0.1, -0.05) is 18.5 Å². The van der Waals surface area contributed by atoms with Gasteiger partial charge in [-0.15, -0.1) is 0 Å². The van der Waals surface area contributed by atoms with E-state index in [1.807, 2.05) is 30.5 Å². The number of aryl methyl sites for hydroxylation is 1. The molecule has 1 unspecified atom stereocenters. The van der Waals surface area contributed by atoms with Gasteiger partial charge in [-0.05, 0) is 20.3 Å². The minimum Gasteiger partial charge on any atom is -0.481 e. The lowest BCUT2D eigenvalue weighted by molar-refractivity contribution is 0.129. The number of fused-ring (bicyclic) bond motifs is 1. The molecule has 0 radical (unpaired) electrons. The Morgan fingerprint density at radius 2 is 2.19 bits per heavy atom. The van der Waals surface area contributed by atoms with Gasteiger partial charge in [-0.25, -0.2) is 4.98 Å². The van der Waals surface area contributed by atoms with E-state index in [1.165, 1.54) is 0 Å². The van der Waals surface area contributed by atoms with Crippen molar-refractivity contribution in [3.8, 4) is 11.6 Å². The van der Waals surface area contributed by atoms with Crippen LogP contribution in [0.4, 0.5) is 5.82 Å². The second-order valence-electron chi connectivity index (χ2n) is 6.06. The first-order valence-corrected chi connectivity index (χ1v) is 8.90. The third-order valence-corrected chi connectivity index (χ3v) is 4.06. The zero-order valence-electron chi connectivity index (χ0n) is 15.4. The van der Waals surface area contributed by atoms with Crippen molar-refractivity contribution in [3.63, 3.8) is 0 Å². The maximum atomic E-state index is 6.50. The van der Waals surface area contributed by atoms with E-state index < -0.39 is 0 Å². The van der Waals surface area contributed by atoms with Gasteiger partial charge >= 0.3 is 0 Å². The predicted molar refractivity (Wildman–Crippen MR) is 101 cm³/mol. The van der Waals surface area contributed by atoms with Crippen molar-refractivity contribution in [2.75, 3.05) is 25.6 Å². The van der Waals surface area contributed by atoms with Crippen LogP contribution in [-0.4, -0.2) is 50.5 Å². The molecule has 1 atom stereocenters. The lowest BCUT2D eigenvalue weighted by Crippen LogP contribution is -2.25. The highest BCUT2D eigenvalue weighted by molar-refractivity contribution is 6.31. The zero-order chi connectivity index (χ0) is 18.7. The molecule has 1 N–H and O–H groups in total. The van der Waals surface area contributed by atoms with Crippen LogP contribution in [0, 0.1) is 6.92 Å². The van der Waals surface area contributed by atoms with Crippen LogP contribution in [0.2, 0.25) is 5.15 Å². The van der Waals surface area contributed by atoms with Gasteiger partial charge in [0.15, 0.2) is 5.15 Å². The summed E-state index contributed by atoms with van der Waals surface area (Å²) in [5, 5.41) is 8.25. The van der Waals surface area contributed by atoms with Crippen molar-refractivity contribution in [3.05, 3.63) is 29.3 Å². The molecule has 0 saturated heterocycles. The minimum absolute atomic E-state index is 0.0482. The summed E-state index contributed by atoms with van der Waals surface area (Å²) in [5.41, 5.74) is 1.42. The molecule has 3 aromatic rings. The normalized spacial score (nSPS) is 12.5. The van der Waals surface area contributed by atoms with Gasteiger partial charge in [0.2, 0.25) is 11.7 Å². The van der Waals surface area contributed by atoms with Crippen molar-refractivity contribution < 1.29 is 9.47 Å². The van der Waals surface area contributed by atoms with Gasteiger partial charge in [0, 0.05) is 31.1 Å². The fraction of sp³-hybridized carbons (Fsp3) is 0.471. The molecule has 0 aliphatic rings. The molecule has 0 aliphatic carbocycles. The monoisotopic (exact) mass is 378 g/mol. The van der Waals surface area contributed by atoms with Crippen molar-refractivity contribution in [1.82, 2.24) is 24.1 Å². The molecule has 0 aromatic carbocycles. The molecule has 0 fully saturated rings. The molecular weight excluding hydrogens is 356 g/mol. The summed E-state index contributed by atoms with van der Waals surface area (Å²) in [5.74, 6) is 1.81. The first kappa shape index (κ1) is 18.5. The van der Waals surface area contributed by atoms with Crippen LogP contribution in [0.1, 0.15) is 26.0 Å². The lowest BCUT2D eigenvalue weighted by Gasteiger charge is -2.20. The summed E-state index contributed by atoms with van der Waals surface area (Å²) in [6.45, 7) is 7.31. The largest absolute Gasteiger partial charge is 0.481 e. The van der Waals surface area contributed by atoms with E-state index in [0.29, 0.717) is 24.0 Å². The third-order valence-electron chi connectivity index (χ3n) is 3.80. The van der Waals surface area contributed by atoms with Crippen LogP contribution in [0.5, 0.6) is 5.88 Å². The Labute approximate surface area is 157 Å². The van der Waals surface area contributed by atoms with E-state index in [4.69, 9.17) is 21.1 Å². The Kier molecular flexibility index (Phi) is 5.63. The van der Waals surface area contributed by atoms with Crippen LogP contribution in [-0.2, 0) is 4.74 Å². The van der Waals surface area contributed by atoms with Gasteiger partial charge < -0.3 is 14.8 Å². The van der Waals surface area contributed by atoms with E-state index in [2.05, 4.69) is 27.3 Å². The number of hydrogen-bond acceptors (Lipinski definition) is 6. The van der Waals surface area contributed by atoms with Gasteiger partial charge in [0.25, 0.3) is 0 Å². The Morgan fingerprint density at radius 1 is 1.38 bits per heavy atom. The van der Waals surface area contributed by atoms with E-state index in [1.54, 1.807) is 18.0 Å². The van der Waals surface area contributed by atoms with Crippen molar-refractivity contribution in [2.24, 2.45) is 0 Å². The second kappa shape index (κ2) is 7.92. The molecule has 0 saturated carbocycles. The van der Waals surface area contributed by atoms with Crippen LogP contribution < -0.4 is 10.1 Å². The molecule has 3 heterocycles. The van der Waals surface area contributed by atoms with Crippen molar-refractivity contribution >= 4 is 23.2 Å². The van der Waals surface area contributed by atoms with Crippen molar-refractivity contribution in [2.45, 2.75) is 33.2 Å². The number of aromatic nitrogens is 5. The predicted octanol–water partition coefficient (Wildman–Crippen LogP) is 3.11. The molecule has 0 bridgehead atoms. The molecule has 9 heteroatoms. The highest BCUT2D eigenvalue weighted by Gasteiger charge is 2.21. The number of nitrogens with one attached hydrogen (secondary N) is 1. The quantitative estimate of drug-likeness (QED) is 0.479. The van der Waals surface area contributed by atoms with Gasteiger partial charge in [0.1, 0.15) is 11.5 Å². The molecule has 3 rings (SSSR count). The SMILES string of the molecule is CCCOCC(C)Nc1c(-n2nc(C)cc2OC)c(Cl)nc2nccn12. The van der Waals surface area contributed by atoms with E-state index in [9.17, 15) is 0 Å². The van der Waals surface area contributed by atoms with Crippen LogP contribution in [0.3, 0.4) is 0 Å². The summed E-state index contributed by atoms with van der Waals surface area (Å²) >= 11 is 6.50. The smallest absolute Gasteiger partial charge is 0.236 e. The Bertz CT molecular complexity index is 891. The maximum Gasteiger partial charge on any atom is 0.236 e. The molecule has 0 aliphatic heterocycles. The number of rotatable bonds is 8. The number of ether oxygens (including phenoxy) is 2. The fourth-order valence-electron chi connectivity index (χ4n) is 2.69. The molecular formula is C17H23ClN6O2. The Balaban J connectivity index is 2.08. The highest BCUT2D eigenvalue weighted by atomic mass is 35.5. The average molecular weight is 379 g/mol. The van der Waals surface area contributed by atoms with Crippen LogP contribution in [0.15, 0.2) is 18.5 Å². The Hall–Kier alpha value is -2.32. The summed E-state index contributed by atoms with van der Waals surface area (Å²) in [6, 6.07) is 1.89. The number of nitrogens with zero attached hydrogens (tertiary/aromatic N) is 5. The van der Waals surface area contributed by atoms with E-state index in [-0.39, 0.29) is 11.2 Å². The van der Waals surface area contributed by atoms with Gasteiger partial charge in [-0.2, -0.15) is 14.8 Å². The first-order chi connectivity index (χ1) is 12.5. The van der Waals surface area contributed by atoms with Gasteiger partial charge in [0.05, 0.1) is 19.4 Å². The fourth-order valence-corrected chi connectivity index (χ4v) is 2.94. The third kappa shape index (κ3) is 3.61. The second-order valence-corrected chi connectivity index (χ2v) is 6.42. The van der Waals surface area contributed by atoms with Crippen molar-refractivity contribution in [1.29, 1.82) is 0 Å². The summed E-state index contributed by atoms with van der Waals surface area (Å²) in [7, 11) is 1.60. The van der Waals surface area contributed by atoms with E-state index in [0.717, 1.165) is 24.5 Å². The lowest BCUT2D eigenvalue weighted by atomic mass is 10.3. The first-order valence-electron chi connectivity index (χ1n) is 8.53. The number of imidazole rings is 1. The maximum absolute atomic E-state index is 6.50. The topological polar surface area (TPSA) is 78.5 Å². The number of hydrogen-bond donors (Lipinski definition) is 1. The molecule has 0 spiro atoms. The standard InChI is InChI=1S/C17H23ClN6O2/c1-5-8-26-10-12(3)20-16-14(24-13(25-4)9-11(2)22-24)15(18)21-17-19-6-7-23(16)17/h6-7,9,12,20H,5,8,10H2,1-4H3. The molecule has 3 aromatic heterocycles. The molecule has 0 amide bonds.